The maximum atomic E-state index is 13.9. The Bertz CT molecular complexity index is 1420. The number of hydrogen-bond acceptors (Lipinski definition) is 3. The molecule has 1 unspecified atom stereocenters. The minimum atomic E-state index is -0.682. The van der Waals surface area contributed by atoms with Crippen LogP contribution in [0.4, 0.5) is 10.1 Å². The van der Waals surface area contributed by atoms with Gasteiger partial charge in [0.05, 0.1) is 0 Å². The molecule has 4 nitrogen and oxygen atoms in total. The van der Waals surface area contributed by atoms with E-state index in [0.717, 1.165) is 17.8 Å². The van der Waals surface area contributed by atoms with Crippen LogP contribution in [-0.2, 0) is 11.2 Å². The van der Waals surface area contributed by atoms with Gasteiger partial charge in [-0.3, -0.25) is 15.1 Å². The van der Waals surface area contributed by atoms with Crippen LogP contribution >= 0.6 is 0 Å². The van der Waals surface area contributed by atoms with Gasteiger partial charge in [-0.2, -0.15) is 0 Å². The topological polar surface area (TPSA) is 64.4 Å². The molecule has 1 aliphatic carbocycles. The van der Waals surface area contributed by atoms with Crippen LogP contribution in [-0.4, -0.2) is 16.7 Å². The highest BCUT2D eigenvalue weighted by Gasteiger charge is 2.46. The zero-order valence-electron chi connectivity index (χ0n) is 21.4. The molecule has 0 fully saturated rings. The van der Waals surface area contributed by atoms with Gasteiger partial charge in [0.2, 0.25) is 0 Å². The van der Waals surface area contributed by atoms with Gasteiger partial charge < -0.3 is 5.11 Å². The summed E-state index contributed by atoms with van der Waals surface area (Å²) in [6, 6.07) is 23.1. The number of aliphatic hydroxyl groups excluding tert-OH is 1. The molecule has 0 radical (unpaired) electrons. The van der Waals surface area contributed by atoms with Crippen LogP contribution in [0.1, 0.15) is 56.2 Å². The predicted octanol–water partition coefficient (Wildman–Crippen LogP) is 7.58. The molecule has 0 saturated heterocycles. The number of ketones is 1. The van der Waals surface area contributed by atoms with Gasteiger partial charge in [0.1, 0.15) is 17.4 Å². The van der Waals surface area contributed by atoms with Crippen molar-refractivity contribution in [2.24, 2.45) is 5.41 Å². The Morgan fingerprint density at radius 3 is 2.27 bits per heavy atom. The smallest absolute Gasteiger partial charge is 0.162 e. The Morgan fingerprint density at radius 2 is 1.65 bits per heavy atom. The number of nitrogens with zero attached hydrogens (tertiary/aromatic N) is 1. The van der Waals surface area contributed by atoms with Crippen LogP contribution in [0.5, 0.6) is 0 Å². The molecule has 1 atom stereocenters. The zero-order chi connectivity index (χ0) is 26.3. The summed E-state index contributed by atoms with van der Waals surface area (Å²) in [6.45, 7) is 6.22. The SMILES string of the molecule is CCc1ccc(N2C(=N)/C(=C(/O)c3ccccc3)C(c3ccc(F)cc3)C3=C2CC(C)(C)CC3=O)cc1. The molecule has 5 heteroatoms. The molecule has 0 spiro atoms. The van der Waals surface area contributed by atoms with Gasteiger partial charge in [0.15, 0.2) is 5.78 Å². The lowest BCUT2D eigenvalue weighted by Gasteiger charge is -2.45. The highest BCUT2D eigenvalue weighted by molar-refractivity contribution is 6.19. The molecule has 2 N–H and O–H groups in total. The summed E-state index contributed by atoms with van der Waals surface area (Å²) in [6.07, 6.45) is 1.85. The average Bonchev–Trinajstić information content (AvgIpc) is 2.88. The van der Waals surface area contributed by atoms with Gasteiger partial charge in [-0.05, 0) is 53.6 Å². The van der Waals surface area contributed by atoms with E-state index in [4.69, 9.17) is 0 Å². The molecular weight excluding hydrogens is 463 g/mol. The number of hydrogen-bond donors (Lipinski definition) is 2. The van der Waals surface area contributed by atoms with E-state index in [9.17, 15) is 19.7 Å². The molecule has 3 aromatic rings. The number of Topliss-reactive ketones (excluding diaryl/α,β-unsaturated/α-hetero) is 1. The standard InChI is InChI=1S/C32H31FN2O2/c1-4-20-10-16-24(17-11-20)35-25-18-32(2,3)19-26(36)28(25)27(21-12-14-23(33)15-13-21)29(31(35)34)30(37)22-8-6-5-7-9-22/h5-17,27,34,37H,4,18-19H2,1-3H3/b30-29+,34-31?. The second-order valence-electron chi connectivity index (χ2n) is 10.6. The van der Waals surface area contributed by atoms with Gasteiger partial charge in [0.25, 0.3) is 0 Å². The molecular formula is C32H31FN2O2. The van der Waals surface area contributed by atoms with Crippen LogP contribution in [0.25, 0.3) is 5.76 Å². The largest absolute Gasteiger partial charge is 0.507 e. The number of benzene rings is 3. The first-order valence-corrected chi connectivity index (χ1v) is 12.7. The number of nitrogens with one attached hydrogen (secondary N) is 1. The van der Waals surface area contributed by atoms with Crippen LogP contribution in [0.2, 0.25) is 0 Å². The Kier molecular flexibility index (Phi) is 6.32. The molecule has 1 heterocycles. The van der Waals surface area contributed by atoms with Crippen molar-refractivity contribution < 1.29 is 14.3 Å². The van der Waals surface area contributed by atoms with E-state index in [-0.39, 0.29) is 28.6 Å². The minimum Gasteiger partial charge on any atom is -0.507 e. The van der Waals surface area contributed by atoms with Gasteiger partial charge >= 0.3 is 0 Å². The summed E-state index contributed by atoms with van der Waals surface area (Å²) >= 11 is 0. The minimum absolute atomic E-state index is 0.0124. The molecule has 188 valence electrons. The Labute approximate surface area is 217 Å². The third-order valence-electron chi connectivity index (χ3n) is 7.33. The van der Waals surface area contributed by atoms with Crippen molar-refractivity contribution in [1.82, 2.24) is 0 Å². The lowest BCUT2D eigenvalue weighted by molar-refractivity contribution is -0.118. The van der Waals surface area contributed by atoms with E-state index in [1.165, 1.54) is 17.7 Å². The maximum Gasteiger partial charge on any atom is 0.162 e. The van der Waals surface area contributed by atoms with Gasteiger partial charge in [-0.15, -0.1) is 0 Å². The Balaban J connectivity index is 1.83. The Morgan fingerprint density at radius 1 is 1.00 bits per heavy atom. The highest BCUT2D eigenvalue weighted by atomic mass is 19.1. The number of carbonyl (C=O) groups excluding carboxylic acids is 1. The number of amidine groups is 1. The first kappa shape index (κ1) is 24.7. The number of aliphatic hydroxyl groups is 1. The van der Waals surface area contributed by atoms with Crippen LogP contribution in [0.3, 0.4) is 0 Å². The third kappa shape index (κ3) is 4.50. The van der Waals surface area contributed by atoms with Crippen LogP contribution in [0.15, 0.2) is 95.7 Å². The fourth-order valence-corrected chi connectivity index (χ4v) is 5.52. The van der Waals surface area contributed by atoms with E-state index in [0.29, 0.717) is 35.1 Å². The van der Waals surface area contributed by atoms with Gasteiger partial charge in [-0.25, -0.2) is 4.39 Å². The molecule has 37 heavy (non-hydrogen) atoms. The fraction of sp³-hybridized carbons (Fsp3) is 0.250. The van der Waals surface area contributed by atoms with E-state index in [2.05, 4.69) is 20.8 Å². The summed E-state index contributed by atoms with van der Waals surface area (Å²) in [7, 11) is 0. The van der Waals surface area contributed by atoms with Crippen molar-refractivity contribution in [1.29, 1.82) is 5.41 Å². The summed E-state index contributed by atoms with van der Waals surface area (Å²) in [5, 5.41) is 21.1. The molecule has 2 aliphatic rings. The molecule has 0 saturated carbocycles. The highest BCUT2D eigenvalue weighted by Crippen LogP contribution is 2.51. The zero-order valence-corrected chi connectivity index (χ0v) is 21.4. The second kappa shape index (κ2) is 9.47. The van der Waals surface area contributed by atoms with Crippen molar-refractivity contribution in [2.45, 2.75) is 46.0 Å². The molecule has 1 aliphatic heterocycles. The lowest BCUT2D eigenvalue weighted by atomic mass is 9.67. The predicted molar refractivity (Wildman–Crippen MR) is 146 cm³/mol. The summed E-state index contributed by atoms with van der Waals surface area (Å²) in [5.74, 6) is -1.02. The monoisotopic (exact) mass is 494 g/mol. The first-order chi connectivity index (χ1) is 17.7. The van der Waals surface area contributed by atoms with Crippen molar-refractivity contribution in [3.63, 3.8) is 0 Å². The molecule has 0 aromatic heterocycles. The van der Waals surface area contributed by atoms with Crippen molar-refractivity contribution >= 4 is 23.1 Å². The number of halogens is 1. The number of rotatable bonds is 4. The second-order valence-corrected chi connectivity index (χ2v) is 10.6. The summed E-state index contributed by atoms with van der Waals surface area (Å²) < 4.78 is 13.9. The normalized spacial score (nSPS) is 20.6. The number of anilines is 1. The van der Waals surface area contributed by atoms with E-state index >= 15 is 0 Å². The molecule has 0 amide bonds. The van der Waals surface area contributed by atoms with E-state index in [1.54, 1.807) is 24.3 Å². The number of aryl methyl sites for hydroxylation is 1. The third-order valence-corrected chi connectivity index (χ3v) is 7.33. The quantitative estimate of drug-likeness (QED) is 0.367. The fourth-order valence-electron chi connectivity index (χ4n) is 5.52. The summed E-state index contributed by atoms with van der Waals surface area (Å²) in [5.41, 5.74) is 4.57. The number of carbonyl (C=O) groups is 1. The molecule has 5 rings (SSSR count). The van der Waals surface area contributed by atoms with Crippen LogP contribution < -0.4 is 4.90 Å². The Hall–Kier alpha value is -3.99. The average molecular weight is 495 g/mol. The van der Waals surface area contributed by atoms with E-state index < -0.39 is 5.92 Å². The van der Waals surface area contributed by atoms with Crippen LogP contribution in [0, 0.1) is 16.6 Å². The summed E-state index contributed by atoms with van der Waals surface area (Å²) in [4.78, 5) is 15.7. The van der Waals surface area contributed by atoms with Crippen molar-refractivity contribution in [2.75, 3.05) is 4.90 Å². The maximum absolute atomic E-state index is 13.9. The molecule has 3 aromatic carbocycles. The first-order valence-electron chi connectivity index (χ1n) is 12.7. The van der Waals surface area contributed by atoms with E-state index in [1.807, 2.05) is 47.4 Å². The molecule has 0 bridgehead atoms. The van der Waals surface area contributed by atoms with Gasteiger partial charge in [-0.1, -0.05) is 75.4 Å². The van der Waals surface area contributed by atoms with Crippen molar-refractivity contribution in [3.8, 4) is 0 Å². The number of allylic oxidation sites excluding steroid dienone is 2. The lowest BCUT2D eigenvalue weighted by Crippen LogP contribution is -2.45. The van der Waals surface area contributed by atoms with Crippen molar-refractivity contribution in [3.05, 3.63) is 118 Å². The van der Waals surface area contributed by atoms with Gasteiger partial charge in [0, 0.05) is 40.4 Å².